The topological polar surface area (TPSA) is 136 Å². The highest BCUT2D eigenvalue weighted by Crippen LogP contribution is 2.30. The second-order valence-corrected chi connectivity index (χ2v) is 8.37. The number of nitrogens with one attached hydrogen (secondary N) is 4. The lowest BCUT2D eigenvalue weighted by atomic mass is 9.95. The van der Waals surface area contributed by atoms with Gasteiger partial charge in [-0.15, -0.1) is 0 Å². The number of H-pyrrole nitrogens is 1. The zero-order chi connectivity index (χ0) is 22.2. The van der Waals surface area contributed by atoms with Crippen LogP contribution < -0.4 is 16.0 Å². The molecule has 1 atom stereocenters. The normalized spacial score (nSPS) is 21.6. The maximum absolute atomic E-state index is 13.2. The van der Waals surface area contributed by atoms with Crippen molar-refractivity contribution in [2.75, 3.05) is 18.4 Å². The molecule has 2 fully saturated rings. The molecule has 2 saturated heterocycles. The van der Waals surface area contributed by atoms with E-state index in [4.69, 9.17) is 0 Å². The minimum absolute atomic E-state index is 0.0940. The highest BCUT2D eigenvalue weighted by Gasteiger charge is 2.45. The zero-order valence-corrected chi connectivity index (χ0v) is 17.4. The van der Waals surface area contributed by atoms with Crippen LogP contribution in [0.2, 0.25) is 0 Å². The fraction of sp³-hybridized carbons (Fsp3) is 0.409. The van der Waals surface area contributed by atoms with Gasteiger partial charge < -0.3 is 10.6 Å². The Morgan fingerprint density at radius 2 is 1.88 bits per heavy atom. The van der Waals surface area contributed by atoms with Gasteiger partial charge in [0.05, 0.1) is 11.1 Å². The molecule has 4 amide bonds. The van der Waals surface area contributed by atoms with Crippen LogP contribution in [0.5, 0.6) is 0 Å². The molecule has 10 nitrogen and oxygen atoms in total. The van der Waals surface area contributed by atoms with E-state index in [2.05, 4.69) is 26.1 Å². The fourth-order valence-electron chi connectivity index (χ4n) is 4.69. The predicted molar refractivity (Wildman–Crippen MR) is 114 cm³/mol. The number of anilines is 1. The van der Waals surface area contributed by atoms with Crippen LogP contribution in [0.1, 0.15) is 63.6 Å². The number of benzene rings is 1. The van der Waals surface area contributed by atoms with Gasteiger partial charge >= 0.3 is 0 Å². The van der Waals surface area contributed by atoms with E-state index >= 15 is 0 Å². The molecular formula is C22H24N6O4. The Morgan fingerprint density at radius 1 is 1.06 bits per heavy atom. The van der Waals surface area contributed by atoms with E-state index in [0.717, 1.165) is 36.5 Å². The molecular weight excluding hydrogens is 412 g/mol. The molecule has 0 aliphatic carbocycles. The van der Waals surface area contributed by atoms with Gasteiger partial charge in [0.1, 0.15) is 11.9 Å². The molecule has 0 bridgehead atoms. The molecule has 5 rings (SSSR count). The highest BCUT2D eigenvalue weighted by atomic mass is 16.2. The highest BCUT2D eigenvalue weighted by molar-refractivity contribution is 6.24. The number of imide groups is 2. The molecule has 32 heavy (non-hydrogen) atoms. The summed E-state index contributed by atoms with van der Waals surface area (Å²) in [5.41, 5.74) is 2.31. The summed E-state index contributed by atoms with van der Waals surface area (Å²) in [4.78, 5) is 50.8. The van der Waals surface area contributed by atoms with Crippen molar-refractivity contribution in [2.45, 2.75) is 44.2 Å². The van der Waals surface area contributed by atoms with E-state index in [9.17, 15) is 19.2 Å². The Kier molecular flexibility index (Phi) is 5.22. The SMILES string of the molecule is O=C1CCC(N2C(=O)c3cccc(CNc4cc(C5CCNCC5)[nH]n4)c3C2=O)C(=O)N1. The first-order valence-electron chi connectivity index (χ1n) is 10.9. The average molecular weight is 436 g/mol. The molecule has 0 radical (unpaired) electrons. The van der Waals surface area contributed by atoms with Crippen molar-refractivity contribution in [3.63, 3.8) is 0 Å². The van der Waals surface area contributed by atoms with Crippen molar-refractivity contribution in [2.24, 2.45) is 0 Å². The van der Waals surface area contributed by atoms with Crippen LogP contribution in [0.15, 0.2) is 24.3 Å². The van der Waals surface area contributed by atoms with E-state index in [1.807, 2.05) is 6.07 Å². The van der Waals surface area contributed by atoms with E-state index in [1.54, 1.807) is 18.2 Å². The van der Waals surface area contributed by atoms with E-state index in [-0.39, 0.29) is 18.4 Å². The zero-order valence-electron chi connectivity index (χ0n) is 17.4. The number of amides is 4. The third kappa shape index (κ3) is 3.56. The lowest BCUT2D eigenvalue weighted by Crippen LogP contribution is -2.54. The van der Waals surface area contributed by atoms with Gasteiger partial charge in [0.2, 0.25) is 11.8 Å². The Bertz CT molecular complexity index is 1100. The number of fused-ring (bicyclic) bond motifs is 1. The van der Waals surface area contributed by atoms with Crippen molar-refractivity contribution < 1.29 is 19.2 Å². The summed E-state index contributed by atoms with van der Waals surface area (Å²) in [5.74, 6) is -0.895. The standard InChI is InChI=1S/C22H24N6O4/c29-18-5-4-16(20(30)25-18)28-21(31)14-3-1-2-13(19(14)22(28)32)11-24-17-10-15(26-27-17)12-6-8-23-9-7-12/h1-3,10,12,16,23H,4-9,11H2,(H2,24,26,27)(H,25,29,30). The molecule has 4 heterocycles. The van der Waals surface area contributed by atoms with Crippen LogP contribution in [-0.2, 0) is 16.1 Å². The Labute approximate surface area is 184 Å². The number of hydrogen-bond acceptors (Lipinski definition) is 7. The quantitative estimate of drug-likeness (QED) is 0.511. The number of aromatic amines is 1. The number of piperidine rings is 2. The molecule has 3 aliphatic rings. The van der Waals surface area contributed by atoms with Gasteiger partial charge in [-0.2, -0.15) is 5.10 Å². The molecule has 3 aliphatic heterocycles. The summed E-state index contributed by atoms with van der Waals surface area (Å²) >= 11 is 0. The molecule has 4 N–H and O–H groups in total. The first kappa shape index (κ1) is 20.4. The summed E-state index contributed by atoms with van der Waals surface area (Å²) in [7, 11) is 0. The van der Waals surface area contributed by atoms with Crippen LogP contribution >= 0.6 is 0 Å². The summed E-state index contributed by atoms with van der Waals surface area (Å²) in [6.07, 6.45) is 2.34. The Morgan fingerprint density at radius 3 is 2.66 bits per heavy atom. The first-order chi connectivity index (χ1) is 15.5. The van der Waals surface area contributed by atoms with Crippen LogP contribution in [-0.4, -0.2) is 57.9 Å². The third-order valence-electron chi connectivity index (χ3n) is 6.39. The maximum Gasteiger partial charge on any atom is 0.262 e. The molecule has 0 spiro atoms. The van der Waals surface area contributed by atoms with Gasteiger partial charge in [-0.25, -0.2) is 0 Å². The first-order valence-corrected chi connectivity index (χ1v) is 10.9. The lowest BCUT2D eigenvalue weighted by molar-refractivity contribution is -0.136. The second-order valence-electron chi connectivity index (χ2n) is 8.37. The second kappa shape index (κ2) is 8.19. The van der Waals surface area contributed by atoms with E-state index in [0.29, 0.717) is 29.4 Å². The Hall–Kier alpha value is -3.53. The van der Waals surface area contributed by atoms with Crippen molar-refractivity contribution in [1.29, 1.82) is 0 Å². The van der Waals surface area contributed by atoms with Gasteiger partial charge in [-0.05, 0) is 44.0 Å². The van der Waals surface area contributed by atoms with Gasteiger partial charge in [0.25, 0.3) is 11.8 Å². The maximum atomic E-state index is 13.2. The summed E-state index contributed by atoms with van der Waals surface area (Å²) in [6, 6.07) is 6.11. The van der Waals surface area contributed by atoms with Gasteiger partial charge in [0.15, 0.2) is 0 Å². The number of aromatic nitrogens is 2. The molecule has 10 heteroatoms. The summed E-state index contributed by atoms with van der Waals surface area (Å²) < 4.78 is 0. The molecule has 1 aromatic carbocycles. The number of carbonyl (C=O) groups is 4. The molecule has 1 unspecified atom stereocenters. The number of hydrogen-bond donors (Lipinski definition) is 4. The third-order valence-corrected chi connectivity index (χ3v) is 6.39. The van der Waals surface area contributed by atoms with Crippen LogP contribution in [0.4, 0.5) is 5.82 Å². The largest absolute Gasteiger partial charge is 0.364 e. The predicted octanol–water partition coefficient (Wildman–Crippen LogP) is 0.890. The van der Waals surface area contributed by atoms with Crippen molar-refractivity contribution in [1.82, 2.24) is 25.7 Å². The summed E-state index contributed by atoms with van der Waals surface area (Å²) in [6.45, 7) is 2.28. The molecule has 1 aromatic heterocycles. The summed E-state index contributed by atoms with van der Waals surface area (Å²) in [5, 5.41) is 16.2. The van der Waals surface area contributed by atoms with Crippen LogP contribution in [0, 0.1) is 0 Å². The minimum Gasteiger partial charge on any atom is -0.364 e. The lowest BCUT2D eigenvalue weighted by Gasteiger charge is -2.27. The van der Waals surface area contributed by atoms with Gasteiger partial charge in [0, 0.05) is 30.6 Å². The van der Waals surface area contributed by atoms with E-state index < -0.39 is 29.7 Å². The van der Waals surface area contributed by atoms with Crippen molar-refractivity contribution in [3.05, 3.63) is 46.6 Å². The fourth-order valence-corrected chi connectivity index (χ4v) is 4.69. The number of carbonyl (C=O) groups excluding carboxylic acids is 4. The number of nitrogens with zero attached hydrogens (tertiary/aromatic N) is 2. The monoisotopic (exact) mass is 436 g/mol. The van der Waals surface area contributed by atoms with Crippen molar-refractivity contribution >= 4 is 29.4 Å². The van der Waals surface area contributed by atoms with Crippen LogP contribution in [0.25, 0.3) is 0 Å². The van der Waals surface area contributed by atoms with Gasteiger partial charge in [-0.3, -0.25) is 34.5 Å². The molecule has 166 valence electrons. The molecule has 0 saturated carbocycles. The minimum atomic E-state index is -0.972. The Balaban J connectivity index is 1.33. The molecule has 2 aromatic rings. The van der Waals surface area contributed by atoms with Crippen LogP contribution in [0.3, 0.4) is 0 Å². The van der Waals surface area contributed by atoms with Gasteiger partial charge in [-0.1, -0.05) is 12.1 Å². The number of rotatable bonds is 5. The smallest absolute Gasteiger partial charge is 0.262 e. The van der Waals surface area contributed by atoms with Crippen molar-refractivity contribution in [3.8, 4) is 0 Å². The average Bonchev–Trinajstić information content (AvgIpc) is 3.37. The van der Waals surface area contributed by atoms with E-state index in [1.165, 1.54) is 0 Å².